The van der Waals surface area contributed by atoms with Gasteiger partial charge in [0.15, 0.2) is 0 Å². The summed E-state index contributed by atoms with van der Waals surface area (Å²) < 4.78 is 5.80. The van der Waals surface area contributed by atoms with E-state index in [0.29, 0.717) is 12.6 Å². The molecule has 1 fully saturated rings. The molecule has 0 atom stereocenters. The van der Waals surface area contributed by atoms with Gasteiger partial charge in [0.2, 0.25) is 0 Å². The van der Waals surface area contributed by atoms with Gasteiger partial charge in [-0.1, -0.05) is 17.2 Å². The van der Waals surface area contributed by atoms with Crippen LogP contribution in [0.4, 0.5) is 0 Å². The minimum Gasteiger partial charge on any atom is -0.493 e. The van der Waals surface area contributed by atoms with E-state index in [9.17, 15) is 0 Å². The third-order valence-electron chi connectivity index (χ3n) is 2.97. The molecule has 0 saturated heterocycles. The highest BCUT2D eigenvalue weighted by Crippen LogP contribution is 2.25. The number of ether oxygens (including phenoxy) is 1. The lowest BCUT2D eigenvalue weighted by atomic mass is 10.2. The third kappa shape index (κ3) is 4.35. The van der Waals surface area contributed by atoms with E-state index in [1.807, 2.05) is 25.1 Å². The normalized spacial score (nSPS) is 14.6. The zero-order valence-corrected chi connectivity index (χ0v) is 11.6. The molecule has 98 valence electrons. The molecule has 1 aliphatic rings. The van der Waals surface area contributed by atoms with Crippen LogP contribution >= 0.6 is 11.6 Å². The standard InChI is InChI=1S/C15H20ClNO/c1-11(2)7-8-18-15-6-3-13(16)9-12(15)10-17-14-4-5-14/h3,6,9,14,17H,1,4-5,7-8,10H2,2H3. The maximum atomic E-state index is 6.03. The van der Waals surface area contributed by atoms with Crippen molar-refractivity contribution in [2.75, 3.05) is 6.61 Å². The molecule has 0 unspecified atom stereocenters. The maximum absolute atomic E-state index is 6.03. The van der Waals surface area contributed by atoms with Crippen molar-refractivity contribution in [1.82, 2.24) is 5.32 Å². The molecule has 0 aliphatic heterocycles. The first-order chi connectivity index (χ1) is 8.65. The Balaban J connectivity index is 1.94. The fourth-order valence-electron chi connectivity index (χ4n) is 1.70. The highest BCUT2D eigenvalue weighted by molar-refractivity contribution is 6.30. The maximum Gasteiger partial charge on any atom is 0.123 e. The van der Waals surface area contributed by atoms with Crippen LogP contribution < -0.4 is 10.1 Å². The minimum absolute atomic E-state index is 0.674. The van der Waals surface area contributed by atoms with Crippen molar-refractivity contribution in [2.45, 2.75) is 38.8 Å². The lowest BCUT2D eigenvalue weighted by Gasteiger charge is -2.12. The molecular weight excluding hydrogens is 246 g/mol. The van der Waals surface area contributed by atoms with Crippen molar-refractivity contribution >= 4 is 11.6 Å². The molecule has 0 heterocycles. The van der Waals surface area contributed by atoms with Gasteiger partial charge in [-0.2, -0.15) is 0 Å². The number of hydrogen-bond donors (Lipinski definition) is 1. The fraction of sp³-hybridized carbons (Fsp3) is 0.467. The number of halogens is 1. The number of hydrogen-bond acceptors (Lipinski definition) is 2. The summed E-state index contributed by atoms with van der Waals surface area (Å²) >= 11 is 6.03. The predicted octanol–water partition coefficient (Wildman–Crippen LogP) is 3.94. The van der Waals surface area contributed by atoms with E-state index in [-0.39, 0.29) is 0 Å². The molecule has 1 aromatic rings. The lowest BCUT2D eigenvalue weighted by Crippen LogP contribution is -2.16. The first kappa shape index (κ1) is 13.4. The smallest absolute Gasteiger partial charge is 0.123 e. The van der Waals surface area contributed by atoms with Crippen molar-refractivity contribution in [3.8, 4) is 5.75 Å². The Labute approximate surface area is 114 Å². The molecule has 0 aromatic heterocycles. The van der Waals surface area contributed by atoms with E-state index < -0.39 is 0 Å². The second kappa shape index (κ2) is 6.26. The predicted molar refractivity (Wildman–Crippen MR) is 76.2 cm³/mol. The SMILES string of the molecule is C=C(C)CCOc1ccc(Cl)cc1CNC1CC1. The molecule has 1 N–H and O–H groups in total. The molecule has 0 bridgehead atoms. The Morgan fingerprint density at radius 1 is 1.50 bits per heavy atom. The van der Waals surface area contributed by atoms with Crippen LogP contribution in [0, 0.1) is 0 Å². The quantitative estimate of drug-likeness (QED) is 0.754. The first-order valence-corrected chi connectivity index (χ1v) is 6.82. The van der Waals surface area contributed by atoms with Crippen LogP contribution in [0.2, 0.25) is 5.02 Å². The second-order valence-corrected chi connectivity index (χ2v) is 5.40. The molecule has 3 heteroatoms. The van der Waals surface area contributed by atoms with Crippen molar-refractivity contribution in [3.05, 3.63) is 40.9 Å². The summed E-state index contributed by atoms with van der Waals surface area (Å²) in [5.74, 6) is 0.925. The van der Waals surface area contributed by atoms with Crippen LogP contribution in [0.3, 0.4) is 0 Å². The molecule has 2 nitrogen and oxygen atoms in total. The van der Waals surface area contributed by atoms with E-state index in [2.05, 4.69) is 11.9 Å². The summed E-state index contributed by atoms with van der Waals surface area (Å²) in [6, 6.07) is 6.49. The van der Waals surface area contributed by atoms with Gasteiger partial charge in [0.05, 0.1) is 6.61 Å². The zero-order chi connectivity index (χ0) is 13.0. The molecule has 1 aromatic carbocycles. The van der Waals surface area contributed by atoms with Gasteiger partial charge < -0.3 is 10.1 Å². The number of benzene rings is 1. The van der Waals surface area contributed by atoms with Crippen LogP contribution in [-0.2, 0) is 6.54 Å². The van der Waals surface area contributed by atoms with Crippen molar-refractivity contribution in [1.29, 1.82) is 0 Å². The summed E-state index contributed by atoms with van der Waals surface area (Å²) in [6.45, 7) is 7.39. The van der Waals surface area contributed by atoms with Gasteiger partial charge in [-0.25, -0.2) is 0 Å². The molecule has 0 radical (unpaired) electrons. The molecule has 18 heavy (non-hydrogen) atoms. The molecule has 0 spiro atoms. The average Bonchev–Trinajstić information content (AvgIpc) is 3.12. The number of nitrogens with one attached hydrogen (secondary N) is 1. The summed E-state index contributed by atoms with van der Waals surface area (Å²) in [5, 5.41) is 4.24. The Bertz CT molecular complexity index is 427. The zero-order valence-electron chi connectivity index (χ0n) is 10.8. The second-order valence-electron chi connectivity index (χ2n) is 4.96. The van der Waals surface area contributed by atoms with Crippen molar-refractivity contribution < 1.29 is 4.74 Å². The lowest BCUT2D eigenvalue weighted by molar-refractivity contribution is 0.317. The fourth-order valence-corrected chi connectivity index (χ4v) is 1.90. The van der Waals surface area contributed by atoms with Gasteiger partial charge in [-0.05, 0) is 38.0 Å². The van der Waals surface area contributed by atoms with Gasteiger partial charge in [0.25, 0.3) is 0 Å². The van der Waals surface area contributed by atoms with Gasteiger partial charge in [-0.15, -0.1) is 6.58 Å². The van der Waals surface area contributed by atoms with E-state index in [0.717, 1.165) is 34.9 Å². The Morgan fingerprint density at radius 2 is 2.28 bits per heavy atom. The Kier molecular flexibility index (Phi) is 4.67. The largest absolute Gasteiger partial charge is 0.493 e. The van der Waals surface area contributed by atoms with Gasteiger partial charge in [-0.3, -0.25) is 0 Å². The number of rotatable bonds is 7. The average molecular weight is 266 g/mol. The van der Waals surface area contributed by atoms with Crippen LogP contribution in [0.5, 0.6) is 5.75 Å². The molecular formula is C15H20ClNO. The van der Waals surface area contributed by atoms with Crippen molar-refractivity contribution in [2.24, 2.45) is 0 Å². The highest BCUT2D eigenvalue weighted by atomic mass is 35.5. The van der Waals surface area contributed by atoms with Crippen LogP contribution in [-0.4, -0.2) is 12.6 Å². The minimum atomic E-state index is 0.674. The van der Waals surface area contributed by atoms with Gasteiger partial charge >= 0.3 is 0 Å². The molecule has 0 amide bonds. The Hall–Kier alpha value is -0.990. The Morgan fingerprint density at radius 3 is 2.94 bits per heavy atom. The van der Waals surface area contributed by atoms with Crippen molar-refractivity contribution in [3.63, 3.8) is 0 Å². The van der Waals surface area contributed by atoms with E-state index in [4.69, 9.17) is 16.3 Å². The summed E-state index contributed by atoms with van der Waals surface area (Å²) in [5.41, 5.74) is 2.28. The molecule has 1 saturated carbocycles. The topological polar surface area (TPSA) is 21.3 Å². The molecule has 2 rings (SSSR count). The summed E-state index contributed by atoms with van der Waals surface area (Å²) in [4.78, 5) is 0. The van der Waals surface area contributed by atoms with Gasteiger partial charge in [0.1, 0.15) is 5.75 Å². The van der Waals surface area contributed by atoms with E-state index in [1.54, 1.807) is 0 Å². The first-order valence-electron chi connectivity index (χ1n) is 6.44. The highest BCUT2D eigenvalue weighted by Gasteiger charge is 2.20. The third-order valence-corrected chi connectivity index (χ3v) is 3.20. The monoisotopic (exact) mass is 265 g/mol. The molecule has 1 aliphatic carbocycles. The van der Waals surface area contributed by atoms with Gasteiger partial charge in [0, 0.05) is 29.6 Å². The van der Waals surface area contributed by atoms with E-state index >= 15 is 0 Å². The summed E-state index contributed by atoms with van der Waals surface area (Å²) in [6.07, 6.45) is 3.46. The van der Waals surface area contributed by atoms with E-state index in [1.165, 1.54) is 12.8 Å². The van der Waals surface area contributed by atoms with Crippen LogP contribution in [0.25, 0.3) is 0 Å². The summed E-state index contributed by atoms with van der Waals surface area (Å²) in [7, 11) is 0. The van der Waals surface area contributed by atoms with Crippen LogP contribution in [0.1, 0.15) is 31.7 Å². The van der Waals surface area contributed by atoms with Crippen LogP contribution in [0.15, 0.2) is 30.4 Å².